The van der Waals surface area contributed by atoms with Crippen LogP contribution in [0.2, 0.25) is 0 Å². The lowest BCUT2D eigenvalue weighted by Crippen LogP contribution is -2.19. The van der Waals surface area contributed by atoms with E-state index in [0.29, 0.717) is 23.7 Å². The second-order valence-electron chi connectivity index (χ2n) is 6.02. The minimum absolute atomic E-state index is 0.126. The first-order valence-electron chi connectivity index (χ1n) is 8.72. The molecule has 0 saturated carbocycles. The molecular weight excluding hydrogens is 374 g/mol. The molecule has 0 fully saturated rings. The Bertz CT molecular complexity index is 991. The van der Waals surface area contributed by atoms with Crippen molar-refractivity contribution in [1.82, 2.24) is 0 Å². The molecule has 0 bridgehead atoms. The summed E-state index contributed by atoms with van der Waals surface area (Å²) in [7, 11) is 1.37. The Morgan fingerprint density at radius 2 is 1.72 bits per heavy atom. The van der Waals surface area contributed by atoms with E-state index in [-0.39, 0.29) is 11.4 Å². The summed E-state index contributed by atoms with van der Waals surface area (Å²) in [6, 6.07) is 20.2. The monoisotopic (exact) mass is 393 g/mol. The lowest BCUT2D eigenvalue weighted by molar-refractivity contribution is -0.384. The second-order valence-corrected chi connectivity index (χ2v) is 6.02. The largest absolute Gasteiger partial charge is 0.494 e. The van der Waals surface area contributed by atoms with Crippen LogP contribution in [0.25, 0.3) is 0 Å². The van der Waals surface area contributed by atoms with E-state index < -0.39 is 11.0 Å². The average Bonchev–Trinajstić information content (AvgIpc) is 2.74. The van der Waals surface area contributed by atoms with Crippen LogP contribution in [0.1, 0.15) is 5.56 Å². The van der Waals surface area contributed by atoms with Crippen molar-refractivity contribution in [3.63, 3.8) is 0 Å². The summed E-state index contributed by atoms with van der Waals surface area (Å²) in [4.78, 5) is 22.5. The van der Waals surface area contributed by atoms with Crippen molar-refractivity contribution in [2.24, 2.45) is 0 Å². The van der Waals surface area contributed by atoms with E-state index in [4.69, 9.17) is 9.47 Å². The van der Waals surface area contributed by atoms with Crippen molar-refractivity contribution < 1.29 is 19.2 Å². The fraction of sp³-hybridized carbons (Fsp3) is 0.0952. The molecular formula is C21H19N3O5. The zero-order chi connectivity index (χ0) is 20.6. The van der Waals surface area contributed by atoms with Crippen LogP contribution in [0.4, 0.5) is 21.9 Å². The topological polar surface area (TPSA) is 103 Å². The standard InChI is InChI=1S/C21H19N3O5/c1-28-20-13-17(24(26)27)9-12-19(20)23-21(25)22-16-7-10-18(11-8-16)29-14-15-5-3-2-4-6-15/h2-13H,14H2,1H3,(H2,22,23,25). The molecule has 148 valence electrons. The molecule has 2 N–H and O–H groups in total. The Labute approximate surface area is 167 Å². The number of hydrogen-bond acceptors (Lipinski definition) is 5. The number of nitro groups is 1. The molecule has 8 heteroatoms. The predicted octanol–water partition coefficient (Wildman–Crippen LogP) is 4.83. The maximum atomic E-state index is 12.2. The van der Waals surface area contributed by atoms with Gasteiger partial charge in [-0.05, 0) is 35.9 Å². The number of nitro benzene ring substituents is 1. The number of rotatable bonds is 7. The van der Waals surface area contributed by atoms with Crippen LogP contribution < -0.4 is 20.1 Å². The first-order chi connectivity index (χ1) is 14.0. The molecule has 0 aliphatic heterocycles. The van der Waals surface area contributed by atoms with Gasteiger partial charge >= 0.3 is 6.03 Å². The number of nitrogens with zero attached hydrogens (tertiary/aromatic N) is 1. The summed E-state index contributed by atoms with van der Waals surface area (Å²) in [5.41, 5.74) is 1.82. The Kier molecular flexibility index (Phi) is 6.26. The zero-order valence-corrected chi connectivity index (χ0v) is 15.6. The number of benzene rings is 3. The van der Waals surface area contributed by atoms with E-state index in [0.717, 1.165) is 5.56 Å². The normalized spacial score (nSPS) is 10.1. The molecule has 0 aliphatic carbocycles. The molecule has 2 amide bonds. The zero-order valence-electron chi connectivity index (χ0n) is 15.6. The van der Waals surface area contributed by atoms with Crippen LogP contribution in [0.3, 0.4) is 0 Å². The molecule has 0 spiro atoms. The minimum atomic E-state index is -0.534. The predicted molar refractivity (Wildman–Crippen MR) is 110 cm³/mol. The Hall–Kier alpha value is -4.07. The molecule has 0 aliphatic rings. The highest BCUT2D eigenvalue weighted by Crippen LogP contribution is 2.29. The fourth-order valence-electron chi connectivity index (χ4n) is 2.56. The van der Waals surface area contributed by atoms with Gasteiger partial charge < -0.3 is 20.1 Å². The summed E-state index contributed by atoms with van der Waals surface area (Å²) in [5.74, 6) is 0.871. The van der Waals surface area contributed by atoms with Gasteiger partial charge in [0.1, 0.15) is 18.1 Å². The first-order valence-corrected chi connectivity index (χ1v) is 8.72. The van der Waals surface area contributed by atoms with Crippen molar-refractivity contribution in [3.05, 3.63) is 88.5 Å². The summed E-state index contributed by atoms with van der Waals surface area (Å²) < 4.78 is 10.8. The van der Waals surface area contributed by atoms with Gasteiger partial charge in [-0.3, -0.25) is 10.1 Å². The van der Waals surface area contributed by atoms with Crippen LogP contribution in [0.15, 0.2) is 72.8 Å². The van der Waals surface area contributed by atoms with Gasteiger partial charge in [-0.25, -0.2) is 4.79 Å². The van der Waals surface area contributed by atoms with Gasteiger partial charge in [0.2, 0.25) is 0 Å². The van der Waals surface area contributed by atoms with E-state index in [2.05, 4.69) is 10.6 Å². The van der Waals surface area contributed by atoms with E-state index in [1.165, 1.54) is 25.3 Å². The second kappa shape index (κ2) is 9.23. The van der Waals surface area contributed by atoms with E-state index >= 15 is 0 Å². The molecule has 0 aromatic heterocycles. The first kappa shape index (κ1) is 19.7. The maximum Gasteiger partial charge on any atom is 0.323 e. The molecule has 8 nitrogen and oxygen atoms in total. The number of nitrogens with one attached hydrogen (secondary N) is 2. The molecule has 29 heavy (non-hydrogen) atoms. The van der Waals surface area contributed by atoms with Crippen molar-refractivity contribution in [2.45, 2.75) is 6.61 Å². The van der Waals surface area contributed by atoms with Crippen LogP contribution in [0.5, 0.6) is 11.5 Å². The average molecular weight is 393 g/mol. The van der Waals surface area contributed by atoms with E-state index in [1.807, 2.05) is 30.3 Å². The quantitative estimate of drug-likeness (QED) is 0.442. The molecule has 0 atom stereocenters. The summed E-state index contributed by atoms with van der Waals surface area (Å²) >= 11 is 0. The molecule has 3 aromatic carbocycles. The number of anilines is 2. The molecule has 0 unspecified atom stereocenters. The molecule has 3 aromatic rings. The summed E-state index contributed by atoms with van der Waals surface area (Å²) in [6.07, 6.45) is 0. The maximum absolute atomic E-state index is 12.2. The van der Waals surface area contributed by atoms with Crippen molar-refractivity contribution in [2.75, 3.05) is 17.7 Å². The number of carbonyl (C=O) groups is 1. The van der Waals surface area contributed by atoms with Gasteiger partial charge in [0.25, 0.3) is 5.69 Å². The van der Waals surface area contributed by atoms with Gasteiger partial charge in [0.15, 0.2) is 0 Å². The van der Waals surface area contributed by atoms with Gasteiger partial charge in [0, 0.05) is 11.8 Å². The van der Waals surface area contributed by atoms with Gasteiger partial charge in [0.05, 0.1) is 23.8 Å². The lowest BCUT2D eigenvalue weighted by Gasteiger charge is -2.11. The summed E-state index contributed by atoms with van der Waals surface area (Å²) in [5, 5.41) is 16.1. The van der Waals surface area contributed by atoms with Crippen LogP contribution in [-0.4, -0.2) is 18.1 Å². The molecule has 0 heterocycles. The number of carbonyl (C=O) groups excluding carboxylic acids is 1. The number of non-ortho nitro benzene ring substituents is 1. The Balaban J connectivity index is 1.57. The van der Waals surface area contributed by atoms with Crippen LogP contribution in [-0.2, 0) is 6.61 Å². The number of hydrogen-bond donors (Lipinski definition) is 2. The van der Waals surface area contributed by atoms with Crippen LogP contribution >= 0.6 is 0 Å². The molecule has 0 radical (unpaired) electrons. The SMILES string of the molecule is COc1cc([N+](=O)[O-])ccc1NC(=O)Nc1ccc(OCc2ccccc2)cc1. The van der Waals surface area contributed by atoms with Gasteiger partial charge in [-0.1, -0.05) is 30.3 Å². The number of methoxy groups -OCH3 is 1. The van der Waals surface area contributed by atoms with Crippen molar-refractivity contribution >= 4 is 23.1 Å². The smallest absolute Gasteiger partial charge is 0.323 e. The highest BCUT2D eigenvalue weighted by atomic mass is 16.6. The highest BCUT2D eigenvalue weighted by molar-refractivity contribution is 6.00. The molecule has 3 rings (SSSR count). The third-order valence-corrected chi connectivity index (χ3v) is 4.00. The molecule has 0 saturated heterocycles. The van der Waals surface area contributed by atoms with E-state index in [9.17, 15) is 14.9 Å². The minimum Gasteiger partial charge on any atom is -0.494 e. The lowest BCUT2D eigenvalue weighted by atomic mass is 10.2. The Morgan fingerprint density at radius 1 is 1.00 bits per heavy atom. The van der Waals surface area contributed by atoms with Crippen LogP contribution in [0, 0.1) is 10.1 Å². The van der Waals surface area contributed by atoms with Gasteiger partial charge in [-0.15, -0.1) is 0 Å². The summed E-state index contributed by atoms with van der Waals surface area (Å²) in [6.45, 7) is 0.452. The third-order valence-electron chi connectivity index (χ3n) is 4.00. The highest BCUT2D eigenvalue weighted by Gasteiger charge is 2.13. The third kappa shape index (κ3) is 5.46. The van der Waals surface area contributed by atoms with E-state index in [1.54, 1.807) is 24.3 Å². The number of urea groups is 1. The van der Waals surface area contributed by atoms with Gasteiger partial charge in [-0.2, -0.15) is 0 Å². The number of ether oxygens (including phenoxy) is 2. The van der Waals surface area contributed by atoms with Crippen molar-refractivity contribution in [3.8, 4) is 11.5 Å². The number of amides is 2. The Morgan fingerprint density at radius 3 is 2.38 bits per heavy atom. The fourth-order valence-corrected chi connectivity index (χ4v) is 2.56. The van der Waals surface area contributed by atoms with Crippen molar-refractivity contribution in [1.29, 1.82) is 0 Å².